The van der Waals surface area contributed by atoms with E-state index in [0.29, 0.717) is 18.7 Å². The van der Waals surface area contributed by atoms with Crippen LogP contribution >= 0.6 is 12.6 Å². The smallest absolute Gasteiger partial charge is 0.435 e. The van der Waals surface area contributed by atoms with E-state index in [-0.39, 0.29) is 23.8 Å². The van der Waals surface area contributed by atoms with E-state index in [2.05, 4.69) is 49.0 Å². The summed E-state index contributed by atoms with van der Waals surface area (Å²) in [4.78, 5) is 25.1. The predicted molar refractivity (Wildman–Crippen MR) is 114 cm³/mol. The molecule has 2 amide bonds. The molecule has 0 aromatic heterocycles. The van der Waals surface area contributed by atoms with Crippen molar-refractivity contribution in [3.05, 3.63) is 71.3 Å². The molecule has 0 aliphatic carbocycles. The van der Waals surface area contributed by atoms with Crippen LogP contribution in [0.1, 0.15) is 42.9 Å². The molecule has 1 heterocycles. The van der Waals surface area contributed by atoms with Crippen molar-refractivity contribution in [3.8, 4) is 0 Å². The molecule has 1 aliphatic rings. The third-order valence-electron chi connectivity index (χ3n) is 6.02. The summed E-state index contributed by atoms with van der Waals surface area (Å²) in [5.41, 5.74) is 3.59. The Morgan fingerprint density at radius 3 is 2.29 bits per heavy atom. The molecule has 1 aliphatic heterocycles. The molecule has 2 aromatic rings. The fraction of sp³-hybridized carbons (Fsp3) is 0.391. The second-order valence-electron chi connectivity index (χ2n) is 7.94. The van der Waals surface area contributed by atoms with Crippen LogP contribution in [0.3, 0.4) is 0 Å². The standard InChI is InChI=1S/C23H27NO3S/c1-16(15-28)22(25)24(23(26)27)14-21(12-17(24)2)20-10-8-19(9-11-20)13-18-6-4-3-5-7-18/h3-11,16-17,21H,12-15H2,1-2H3,(H-,26,27,28)/p+1/t16?,17?,21-,24-/m0/s1. The summed E-state index contributed by atoms with van der Waals surface area (Å²) < 4.78 is -0.488. The van der Waals surface area contributed by atoms with Gasteiger partial charge in [0.25, 0.3) is 0 Å². The molecule has 0 spiro atoms. The van der Waals surface area contributed by atoms with Crippen LogP contribution in [0, 0.1) is 5.92 Å². The van der Waals surface area contributed by atoms with Gasteiger partial charge in [0.15, 0.2) is 0 Å². The summed E-state index contributed by atoms with van der Waals surface area (Å²) in [5.74, 6) is -0.197. The zero-order valence-electron chi connectivity index (χ0n) is 16.4. The summed E-state index contributed by atoms with van der Waals surface area (Å²) in [6, 6.07) is 18.5. The van der Waals surface area contributed by atoms with Gasteiger partial charge in [-0.15, -0.1) is 0 Å². The number of likely N-dealkylation sites (tertiary alicyclic amines) is 1. The van der Waals surface area contributed by atoms with Crippen LogP contribution in [0.2, 0.25) is 0 Å². The Morgan fingerprint density at radius 2 is 1.71 bits per heavy atom. The number of benzene rings is 2. The highest BCUT2D eigenvalue weighted by Gasteiger charge is 2.57. The van der Waals surface area contributed by atoms with Gasteiger partial charge >= 0.3 is 12.0 Å². The van der Waals surface area contributed by atoms with Crippen molar-refractivity contribution < 1.29 is 19.2 Å². The van der Waals surface area contributed by atoms with E-state index in [4.69, 9.17) is 0 Å². The number of quaternary nitrogens is 1. The number of carboxylic acid groups (broad SMARTS) is 1. The van der Waals surface area contributed by atoms with Crippen LogP contribution in [-0.2, 0) is 11.2 Å². The second kappa shape index (κ2) is 8.50. The van der Waals surface area contributed by atoms with E-state index in [1.807, 2.05) is 25.1 Å². The van der Waals surface area contributed by atoms with Crippen LogP contribution in [0.25, 0.3) is 0 Å². The Morgan fingerprint density at radius 1 is 1.11 bits per heavy atom. The lowest BCUT2D eigenvalue weighted by Gasteiger charge is -2.31. The maximum Gasteiger partial charge on any atom is 0.521 e. The Bertz CT molecular complexity index is 837. The summed E-state index contributed by atoms with van der Waals surface area (Å²) in [7, 11) is 0. The van der Waals surface area contributed by atoms with Crippen molar-refractivity contribution in [1.82, 2.24) is 0 Å². The molecule has 5 heteroatoms. The Balaban J connectivity index is 1.79. The molecule has 4 atom stereocenters. The van der Waals surface area contributed by atoms with Gasteiger partial charge in [0.2, 0.25) is 0 Å². The molecule has 4 nitrogen and oxygen atoms in total. The Kier molecular flexibility index (Phi) is 6.26. The number of carbonyl (C=O) groups excluding carboxylic acids is 1. The first-order valence-electron chi connectivity index (χ1n) is 9.77. The maximum absolute atomic E-state index is 12.9. The monoisotopic (exact) mass is 398 g/mol. The van der Waals surface area contributed by atoms with Crippen molar-refractivity contribution in [2.45, 2.75) is 38.6 Å². The van der Waals surface area contributed by atoms with Gasteiger partial charge in [-0.25, -0.2) is 4.79 Å². The van der Waals surface area contributed by atoms with Crippen LogP contribution in [0.5, 0.6) is 0 Å². The van der Waals surface area contributed by atoms with Crippen molar-refractivity contribution in [3.63, 3.8) is 0 Å². The summed E-state index contributed by atoms with van der Waals surface area (Å²) >= 11 is 4.20. The van der Waals surface area contributed by atoms with E-state index < -0.39 is 10.6 Å². The molecule has 28 heavy (non-hydrogen) atoms. The molecule has 3 rings (SSSR count). The number of thiol groups is 1. The van der Waals surface area contributed by atoms with E-state index in [1.165, 1.54) is 11.1 Å². The third-order valence-corrected chi connectivity index (χ3v) is 6.57. The number of hydrogen-bond donors (Lipinski definition) is 2. The van der Waals surface area contributed by atoms with Crippen LogP contribution in [0.4, 0.5) is 4.79 Å². The highest BCUT2D eigenvalue weighted by atomic mass is 32.1. The molecule has 1 N–H and O–H groups in total. The number of hydrogen-bond acceptors (Lipinski definition) is 3. The number of rotatable bonds is 5. The maximum atomic E-state index is 12.9. The lowest BCUT2D eigenvalue weighted by Crippen LogP contribution is -2.60. The second-order valence-corrected chi connectivity index (χ2v) is 8.31. The first-order valence-corrected chi connectivity index (χ1v) is 10.4. The molecular weight excluding hydrogens is 370 g/mol. The van der Waals surface area contributed by atoms with Gasteiger partial charge in [-0.05, 0) is 37.0 Å². The highest BCUT2D eigenvalue weighted by Crippen LogP contribution is 2.39. The minimum absolute atomic E-state index is 0.0629. The van der Waals surface area contributed by atoms with Gasteiger partial charge in [-0.2, -0.15) is 21.9 Å². The molecule has 2 unspecified atom stereocenters. The molecule has 2 aromatic carbocycles. The van der Waals surface area contributed by atoms with Crippen molar-refractivity contribution in [2.75, 3.05) is 12.3 Å². The van der Waals surface area contributed by atoms with Crippen molar-refractivity contribution >= 4 is 24.6 Å². The highest BCUT2D eigenvalue weighted by molar-refractivity contribution is 7.80. The molecule has 148 valence electrons. The minimum atomic E-state index is -1.05. The van der Waals surface area contributed by atoms with Gasteiger partial charge in [0, 0.05) is 18.1 Å². The van der Waals surface area contributed by atoms with Crippen LogP contribution < -0.4 is 0 Å². The molecule has 1 saturated heterocycles. The SMILES string of the molecule is CC(CS)C(=O)[N@+]1(C(=O)O)C[C@@H](c2ccc(Cc3ccccc3)cc2)CC1C. The van der Waals surface area contributed by atoms with Crippen LogP contribution in [0.15, 0.2) is 54.6 Å². The minimum Gasteiger partial charge on any atom is -0.435 e. The predicted octanol–water partition coefficient (Wildman–Crippen LogP) is 4.74. The fourth-order valence-corrected chi connectivity index (χ4v) is 4.47. The van der Waals surface area contributed by atoms with Crippen LogP contribution in [-0.4, -0.2) is 39.9 Å². The van der Waals surface area contributed by atoms with Crippen molar-refractivity contribution in [2.24, 2.45) is 5.92 Å². The topological polar surface area (TPSA) is 54.4 Å². The summed E-state index contributed by atoms with van der Waals surface area (Å²) in [5, 5.41) is 9.95. The number of imide groups is 1. The van der Waals surface area contributed by atoms with E-state index in [0.717, 1.165) is 12.0 Å². The number of amides is 2. The zero-order chi connectivity index (χ0) is 20.3. The first-order chi connectivity index (χ1) is 13.4. The fourth-order valence-electron chi connectivity index (χ4n) is 4.31. The zero-order valence-corrected chi connectivity index (χ0v) is 17.3. The van der Waals surface area contributed by atoms with E-state index in [9.17, 15) is 14.7 Å². The van der Waals surface area contributed by atoms with Crippen molar-refractivity contribution in [1.29, 1.82) is 0 Å². The molecular formula is C23H28NO3S+. The summed E-state index contributed by atoms with van der Waals surface area (Å²) in [6.45, 7) is 3.95. The first kappa shape index (κ1) is 20.6. The lowest BCUT2D eigenvalue weighted by molar-refractivity contribution is -0.794. The van der Waals surface area contributed by atoms with E-state index in [1.54, 1.807) is 6.92 Å². The largest absolute Gasteiger partial charge is 0.521 e. The summed E-state index contributed by atoms with van der Waals surface area (Å²) in [6.07, 6.45) is 0.513. The number of carbonyl (C=O) groups is 2. The average molecular weight is 399 g/mol. The van der Waals surface area contributed by atoms with Gasteiger partial charge in [-0.3, -0.25) is 0 Å². The van der Waals surface area contributed by atoms with Gasteiger partial charge in [0.05, 0.1) is 5.92 Å². The molecule has 0 bridgehead atoms. The van der Waals surface area contributed by atoms with Gasteiger partial charge < -0.3 is 5.11 Å². The third kappa shape index (κ3) is 3.87. The molecule has 0 saturated carbocycles. The van der Waals surface area contributed by atoms with E-state index >= 15 is 0 Å². The molecule has 1 fully saturated rings. The van der Waals surface area contributed by atoms with Gasteiger partial charge in [0.1, 0.15) is 12.6 Å². The van der Waals surface area contributed by atoms with Gasteiger partial charge in [-0.1, -0.05) is 54.6 Å². The average Bonchev–Trinajstić information content (AvgIpc) is 3.06. The molecule has 0 radical (unpaired) electrons. The number of nitrogens with zero attached hydrogens (tertiary/aromatic N) is 1. The lowest BCUT2D eigenvalue weighted by atomic mass is 9.94. The Hall–Kier alpha value is -2.11. The quantitative estimate of drug-likeness (QED) is 0.565. The Labute approximate surface area is 172 Å². The normalized spacial score (nSPS) is 25.4.